The molecule has 0 saturated heterocycles. The van der Waals surface area contributed by atoms with Crippen LogP contribution >= 0.6 is 35.3 Å². The molecular formula is C17H29IN6S. The average molecular weight is 476 g/mol. The first-order valence-corrected chi connectivity index (χ1v) is 9.49. The zero-order valence-electron chi connectivity index (χ0n) is 15.3. The Hall–Kier alpha value is -1.16. The Labute approximate surface area is 171 Å². The van der Waals surface area contributed by atoms with Crippen molar-refractivity contribution in [3.8, 4) is 0 Å². The zero-order valence-corrected chi connectivity index (χ0v) is 18.4. The van der Waals surface area contributed by atoms with Gasteiger partial charge in [-0.05, 0) is 38.7 Å². The molecule has 0 atom stereocenters. The maximum atomic E-state index is 4.64. The van der Waals surface area contributed by atoms with Crippen LogP contribution in [0.1, 0.15) is 41.4 Å². The summed E-state index contributed by atoms with van der Waals surface area (Å²) in [4.78, 5) is 10.4. The van der Waals surface area contributed by atoms with E-state index in [1.807, 2.05) is 12.4 Å². The number of aryl methyl sites for hydroxylation is 3. The third-order valence-electron chi connectivity index (χ3n) is 3.73. The highest BCUT2D eigenvalue weighted by atomic mass is 127. The van der Waals surface area contributed by atoms with Gasteiger partial charge < -0.3 is 10.6 Å². The van der Waals surface area contributed by atoms with Gasteiger partial charge in [-0.3, -0.25) is 10.1 Å². The quantitative estimate of drug-likeness (QED) is 0.225. The summed E-state index contributed by atoms with van der Waals surface area (Å²) in [5.74, 6) is 0.883. The molecule has 2 aromatic heterocycles. The molecule has 0 radical (unpaired) electrons. The fraction of sp³-hybridized carbons (Fsp3) is 0.588. The lowest BCUT2D eigenvalue weighted by atomic mass is 10.1. The lowest BCUT2D eigenvalue weighted by molar-refractivity contribution is 0.774. The Balaban J connectivity index is 0.00000312. The maximum Gasteiger partial charge on any atom is 0.191 e. The first-order chi connectivity index (χ1) is 11.7. The van der Waals surface area contributed by atoms with E-state index in [2.05, 4.69) is 51.6 Å². The lowest BCUT2D eigenvalue weighted by Crippen LogP contribution is -2.38. The van der Waals surface area contributed by atoms with Gasteiger partial charge in [0.15, 0.2) is 5.96 Å². The third-order valence-corrected chi connectivity index (χ3v) is 4.94. The van der Waals surface area contributed by atoms with Gasteiger partial charge in [0.25, 0.3) is 0 Å². The molecule has 0 aliphatic heterocycles. The Morgan fingerprint density at radius 2 is 2.08 bits per heavy atom. The van der Waals surface area contributed by atoms with Crippen LogP contribution in [0.3, 0.4) is 0 Å². The van der Waals surface area contributed by atoms with Gasteiger partial charge in [0.1, 0.15) is 0 Å². The summed E-state index contributed by atoms with van der Waals surface area (Å²) in [6, 6.07) is 0. The van der Waals surface area contributed by atoms with Crippen LogP contribution in [0.15, 0.2) is 17.4 Å². The number of rotatable bonds is 9. The first kappa shape index (κ1) is 21.9. The second-order valence-electron chi connectivity index (χ2n) is 5.64. The fourth-order valence-electron chi connectivity index (χ4n) is 2.34. The normalized spacial score (nSPS) is 11.2. The number of hydrogen-bond donors (Lipinski definition) is 3. The van der Waals surface area contributed by atoms with Crippen LogP contribution in [-0.2, 0) is 19.3 Å². The van der Waals surface area contributed by atoms with E-state index in [4.69, 9.17) is 0 Å². The van der Waals surface area contributed by atoms with Crippen LogP contribution in [0.2, 0.25) is 0 Å². The number of nitrogens with zero attached hydrogens (tertiary/aromatic N) is 3. The smallest absolute Gasteiger partial charge is 0.191 e. The molecule has 0 amide bonds. The van der Waals surface area contributed by atoms with E-state index in [9.17, 15) is 0 Å². The van der Waals surface area contributed by atoms with Crippen LogP contribution in [0.25, 0.3) is 0 Å². The van der Waals surface area contributed by atoms with E-state index >= 15 is 0 Å². The molecule has 0 fully saturated rings. The molecule has 0 aliphatic carbocycles. The number of guanidine groups is 1. The molecular weight excluding hydrogens is 447 g/mol. The van der Waals surface area contributed by atoms with Gasteiger partial charge in [0.05, 0.1) is 11.2 Å². The number of aromatic amines is 1. The van der Waals surface area contributed by atoms with E-state index in [-0.39, 0.29) is 24.0 Å². The number of aromatic nitrogens is 3. The van der Waals surface area contributed by atoms with Gasteiger partial charge >= 0.3 is 0 Å². The molecule has 0 bridgehead atoms. The summed E-state index contributed by atoms with van der Waals surface area (Å²) >= 11 is 1.80. The van der Waals surface area contributed by atoms with Crippen molar-refractivity contribution in [2.45, 2.75) is 46.5 Å². The van der Waals surface area contributed by atoms with Crippen molar-refractivity contribution < 1.29 is 0 Å². The van der Waals surface area contributed by atoms with E-state index in [0.717, 1.165) is 57.0 Å². The second-order valence-corrected chi connectivity index (χ2v) is 6.83. The molecule has 0 aromatic carbocycles. The molecule has 0 aliphatic rings. The van der Waals surface area contributed by atoms with E-state index in [1.165, 1.54) is 15.4 Å². The minimum atomic E-state index is 0. The minimum absolute atomic E-state index is 0. The second kappa shape index (κ2) is 12.2. The van der Waals surface area contributed by atoms with Gasteiger partial charge in [-0.25, -0.2) is 4.98 Å². The number of nitrogens with one attached hydrogen (secondary N) is 3. The molecule has 0 saturated carbocycles. The van der Waals surface area contributed by atoms with Crippen molar-refractivity contribution in [1.82, 2.24) is 25.8 Å². The SMILES string of the molecule is CCNC(=NCCCc1cn[nH]c1C)NCCc1ncc(CC)s1.I. The standard InChI is InChI=1S/C17H28N6S.HI/c1-4-15-12-21-16(24-15)8-10-20-17(18-5-2)19-9-6-7-14-11-22-23-13(14)3;/h11-12H,4-10H2,1-3H3,(H,22,23)(H2,18,19,20);1H. The van der Waals surface area contributed by atoms with E-state index < -0.39 is 0 Å². The molecule has 6 nitrogen and oxygen atoms in total. The summed E-state index contributed by atoms with van der Waals surface area (Å²) in [7, 11) is 0. The summed E-state index contributed by atoms with van der Waals surface area (Å²) in [5.41, 5.74) is 2.43. The van der Waals surface area contributed by atoms with Gasteiger partial charge in [0.2, 0.25) is 0 Å². The Bertz CT molecular complexity index is 637. The van der Waals surface area contributed by atoms with Crippen LogP contribution in [0.5, 0.6) is 0 Å². The Morgan fingerprint density at radius 3 is 2.72 bits per heavy atom. The van der Waals surface area contributed by atoms with Crippen LogP contribution < -0.4 is 10.6 Å². The largest absolute Gasteiger partial charge is 0.357 e. The molecule has 25 heavy (non-hydrogen) atoms. The lowest BCUT2D eigenvalue weighted by Gasteiger charge is -2.10. The topological polar surface area (TPSA) is 78.0 Å². The number of halogens is 1. The summed E-state index contributed by atoms with van der Waals surface area (Å²) in [6.45, 7) is 8.82. The predicted molar refractivity (Wildman–Crippen MR) is 116 cm³/mol. The third kappa shape index (κ3) is 7.72. The van der Waals surface area contributed by atoms with Crippen LogP contribution in [-0.4, -0.2) is 40.8 Å². The summed E-state index contributed by atoms with van der Waals surface area (Å²) in [5, 5.41) is 14.9. The molecule has 0 unspecified atom stereocenters. The van der Waals surface area contributed by atoms with Crippen molar-refractivity contribution in [1.29, 1.82) is 0 Å². The average Bonchev–Trinajstić information content (AvgIpc) is 3.20. The van der Waals surface area contributed by atoms with Gasteiger partial charge in [-0.15, -0.1) is 35.3 Å². The highest BCUT2D eigenvalue weighted by molar-refractivity contribution is 14.0. The van der Waals surface area contributed by atoms with Gasteiger partial charge in [-0.1, -0.05) is 6.92 Å². The van der Waals surface area contributed by atoms with Crippen LogP contribution in [0, 0.1) is 6.92 Å². The predicted octanol–water partition coefficient (Wildman–Crippen LogP) is 3.09. The number of aliphatic imine (C=N–C) groups is 1. The van der Waals surface area contributed by atoms with Crippen molar-refractivity contribution in [3.05, 3.63) is 33.5 Å². The van der Waals surface area contributed by atoms with Gasteiger partial charge in [-0.2, -0.15) is 5.10 Å². The van der Waals surface area contributed by atoms with Crippen LogP contribution in [0.4, 0.5) is 0 Å². The molecule has 2 aromatic rings. The van der Waals surface area contributed by atoms with E-state index in [1.54, 1.807) is 11.3 Å². The molecule has 3 N–H and O–H groups in total. The molecule has 2 heterocycles. The molecule has 8 heteroatoms. The number of thiazole rings is 1. The summed E-state index contributed by atoms with van der Waals surface area (Å²) < 4.78 is 0. The highest BCUT2D eigenvalue weighted by Gasteiger charge is 2.03. The van der Waals surface area contributed by atoms with E-state index in [0.29, 0.717) is 0 Å². The summed E-state index contributed by atoms with van der Waals surface area (Å²) in [6.07, 6.45) is 7.90. The minimum Gasteiger partial charge on any atom is -0.357 e. The molecule has 2 rings (SSSR count). The maximum absolute atomic E-state index is 4.64. The molecule has 0 spiro atoms. The Morgan fingerprint density at radius 1 is 1.24 bits per heavy atom. The first-order valence-electron chi connectivity index (χ1n) is 8.67. The number of H-pyrrole nitrogens is 1. The highest BCUT2D eigenvalue weighted by Crippen LogP contribution is 2.13. The Kier molecular flexibility index (Phi) is 10.7. The van der Waals surface area contributed by atoms with Gasteiger partial charge in [0, 0.05) is 42.8 Å². The van der Waals surface area contributed by atoms with Crippen molar-refractivity contribution >= 4 is 41.3 Å². The molecule has 140 valence electrons. The van der Waals surface area contributed by atoms with Crippen molar-refractivity contribution in [3.63, 3.8) is 0 Å². The monoisotopic (exact) mass is 476 g/mol. The number of hydrogen-bond acceptors (Lipinski definition) is 4. The fourth-order valence-corrected chi connectivity index (χ4v) is 3.21. The van der Waals surface area contributed by atoms with Crippen molar-refractivity contribution in [2.75, 3.05) is 19.6 Å². The van der Waals surface area contributed by atoms with Crippen molar-refractivity contribution in [2.24, 2.45) is 4.99 Å². The zero-order chi connectivity index (χ0) is 17.2.